The van der Waals surface area contributed by atoms with Crippen LogP contribution < -0.4 is 14.8 Å². The van der Waals surface area contributed by atoms with Crippen LogP contribution in [0.1, 0.15) is 26.6 Å². The number of fused-ring (bicyclic) bond motifs is 1. The first kappa shape index (κ1) is 19.8. The van der Waals surface area contributed by atoms with Crippen molar-refractivity contribution in [2.24, 2.45) is 0 Å². The topological polar surface area (TPSA) is 60.5 Å². The number of aryl methyl sites for hydroxylation is 1. The molecule has 2 aromatic carbocycles. The van der Waals surface area contributed by atoms with Crippen molar-refractivity contribution in [3.05, 3.63) is 69.7 Å². The Morgan fingerprint density at radius 2 is 2.00 bits per heavy atom. The molecule has 0 saturated carbocycles. The maximum Gasteiger partial charge on any atom is 0.252 e. The van der Waals surface area contributed by atoms with Crippen molar-refractivity contribution in [1.82, 2.24) is 10.3 Å². The van der Waals surface area contributed by atoms with Gasteiger partial charge in [-0.3, -0.25) is 4.79 Å². The van der Waals surface area contributed by atoms with Crippen LogP contribution in [0.2, 0.25) is 0 Å². The van der Waals surface area contributed by atoms with E-state index in [0.29, 0.717) is 25.3 Å². The number of hydrogen-bond donors (Lipinski definition) is 1. The molecule has 5 nitrogen and oxygen atoms in total. The van der Waals surface area contributed by atoms with Gasteiger partial charge >= 0.3 is 0 Å². The van der Waals surface area contributed by atoms with Gasteiger partial charge in [0.1, 0.15) is 13.2 Å². The van der Waals surface area contributed by atoms with Crippen molar-refractivity contribution in [3.63, 3.8) is 0 Å². The summed E-state index contributed by atoms with van der Waals surface area (Å²) in [6.07, 6.45) is 0.732. The number of carbonyl (C=O) groups is 1. The van der Waals surface area contributed by atoms with E-state index in [0.717, 1.165) is 44.8 Å². The molecule has 1 aromatic heterocycles. The molecular weight excluding hydrogens is 404 g/mol. The highest BCUT2D eigenvalue weighted by Gasteiger charge is 2.13. The zero-order valence-electron chi connectivity index (χ0n) is 16.1. The first-order valence-corrected chi connectivity index (χ1v) is 11.3. The maximum absolute atomic E-state index is 12.7. The molecule has 0 saturated heterocycles. The van der Waals surface area contributed by atoms with Crippen molar-refractivity contribution in [3.8, 4) is 11.5 Å². The number of benzene rings is 2. The zero-order valence-corrected chi connectivity index (χ0v) is 17.8. The molecule has 29 heavy (non-hydrogen) atoms. The predicted molar refractivity (Wildman–Crippen MR) is 116 cm³/mol. The summed E-state index contributed by atoms with van der Waals surface area (Å²) in [4.78, 5) is 18.2. The van der Waals surface area contributed by atoms with Crippen LogP contribution in [0, 0.1) is 6.92 Å². The molecular formula is C22H22N2O3S2. The standard InChI is InChI=1S/C22H22N2O3S2/c1-15-24-17(13-28-15)14-29-21-5-3-2-4-18(21)22(25)23-9-8-16-6-7-19-20(12-16)27-11-10-26-19/h2-7,12-13H,8-11,14H2,1H3,(H,23,25). The van der Waals surface area contributed by atoms with Gasteiger partial charge in [-0.2, -0.15) is 0 Å². The number of nitrogens with one attached hydrogen (secondary N) is 1. The van der Waals surface area contributed by atoms with Crippen LogP contribution in [-0.2, 0) is 12.2 Å². The minimum Gasteiger partial charge on any atom is -0.486 e. The average molecular weight is 427 g/mol. The van der Waals surface area contributed by atoms with E-state index in [4.69, 9.17) is 9.47 Å². The van der Waals surface area contributed by atoms with E-state index >= 15 is 0 Å². The number of amides is 1. The van der Waals surface area contributed by atoms with Gasteiger partial charge in [-0.05, 0) is 43.2 Å². The summed E-state index contributed by atoms with van der Waals surface area (Å²) in [6, 6.07) is 13.6. The van der Waals surface area contributed by atoms with Crippen LogP contribution in [0.4, 0.5) is 0 Å². The smallest absolute Gasteiger partial charge is 0.252 e. The van der Waals surface area contributed by atoms with Crippen molar-refractivity contribution in [2.45, 2.75) is 24.0 Å². The number of carbonyl (C=O) groups excluding carboxylic acids is 1. The largest absolute Gasteiger partial charge is 0.486 e. The lowest BCUT2D eigenvalue weighted by molar-refractivity contribution is 0.0951. The summed E-state index contributed by atoms with van der Waals surface area (Å²) in [5.74, 6) is 2.26. The van der Waals surface area contributed by atoms with Crippen LogP contribution in [0.25, 0.3) is 0 Å². The molecule has 0 fully saturated rings. The predicted octanol–water partition coefficient (Wildman–Crippen LogP) is 4.49. The highest BCUT2D eigenvalue weighted by Crippen LogP contribution is 2.31. The Bertz CT molecular complexity index is 1000. The Balaban J connectivity index is 1.34. The molecule has 7 heteroatoms. The van der Waals surface area contributed by atoms with Gasteiger partial charge in [0.15, 0.2) is 11.5 Å². The number of aromatic nitrogens is 1. The molecule has 0 spiro atoms. The van der Waals surface area contributed by atoms with E-state index < -0.39 is 0 Å². The number of thioether (sulfide) groups is 1. The molecule has 0 bridgehead atoms. The monoisotopic (exact) mass is 426 g/mol. The second kappa shape index (κ2) is 9.33. The lowest BCUT2D eigenvalue weighted by atomic mass is 10.1. The first-order valence-electron chi connectivity index (χ1n) is 9.48. The van der Waals surface area contributed by atoms with Crippen molar-refractivity contribution in [2.75, 3.05) is 19.8 Å². The van der Waals surface area contributed by atoms with Gasteiger partial charge in [0, 0.05) is 22.6 Å². The zero-order chi connectivity index (χ0) is 20.1. The lowest BCUT2D eigenvalue weighted by Crippen LogP contribution is -2.26. The maximum atomic E-state index is 12.7. The quantitative estimate of drug-likeness (QED) is 0.564. The Kier molecular flexibility index (Phi) is 6.36. The average Bonchev–Trinajstić information content (AvgIpc) is 3.17. The fraction of sp³-hybridized carbons (Fsp3) is 0.273. The minimum atomic E-state index is -0.0555. The summed E-state index contributed by atoms with van der Waals surface area (Å²) in [5.41, 5.74) is 2.86. The third-order valence-corrected chi connectivity index (χ3v) is 6.41. The summed E-state index contributed by atoms with van der Waals surface area (Å²) in [6.45, 7) is 3.72. The Hall–Kier alpha value is -2.51. The molecule has 1 aliphatic heterocycles. The van der Waals surface area contributed by atoms with Crippen LogP contribution in [-0.4, -0.2) is 30.6 Å². The van der Waals surface area contributed by atoms with Crippen LogP contribution in [0.3, 0.4) is 0 Å². The van der Waals surface area contributed by atoms with E-state index in [-0.39, 0.29) is 5.91 Å². The fourth-order valence-corrected chi connectivity index (χ4v) is 4.73. The number of hydrogen-bond acceptors (Lipinski definition) is 6. The summed E-state index contributed by atoms with van der Waals surface area (Å²) in [7, 11) is 0. The molecule has 4 rings (SSSR count). The highest BCUT2D eigenvalue weighted by atomic mass is 32.2. The molecule has 150 valence electrons. The van der Waals surface area contributed by atoms with Gasteiger partial charge in [-0.15, -0.1) is 23.1 Å². The van der Waals surface area contributed by atoms with Gasteiger partial charge in [0.05, 0.1) is 16.3 Å². The Morgan fingerprint density at radius 1 is 1.17 bits per heavy atom. The van der Waals surface area contributed by atoms with Gasteiger partial charge in [0.25, 0.3) is 5.91 Å². The third-order valence-electron chi connectivity index (χ3n) is 4.48. The van der Waals surface area contributed by atoms with Crippen molar-refractivity contribution in [1.29, 1.82) is 0 Å². The third kappa shape index (κ3) is 5.10. The van der Waals surface area contributed by atoms with Gasteiger partial charge in [0.2, 0.25) is 0 Å². The Labute approximate surface area is 178 Å². The van der Waals surface area contributed by atoms with Crippen LogP contribution in [0.5, 0.6) is 11.5 Å². The van der Waals surface area contributed by atoms with E-state index in [1.54, 1.807) is 23.1 Å². The van der Waals surface area contributed by atoms with Crippen molar-refractivity contribution < 1.29 is 14.3 Å². The molecule has 1 amide bonds. The highest BCUT2D eigenvalue weighted by molar-refractivity contribution is 7.98. The number of thiazole rings is 1. The SMILES string of the molecule is Cc1nc(CSc2ccccc2C(=O)NCCc2ccc3c(c2)OCCO3)cs1. The van der Waals surface area contributed by atoms with E-state index in [1.807, 2.05) is 49.4 Å². The Morgan fingerprint density at radius 3 is 2.83 bits per heavy atom. The summed E-state index contributed by atoms with van der Waals surface area (Å²) in [5, 5.41) is 6.16. The second-order valence-corrected chi connectivity index (χ2v) is 8.71. The van der Waals surface area contributed by atoms with Crippen LogP contribution in [0.15, 0.2) is 52.7 Å². The molecule has 1 N–H and O–H groups in total. The number of ether oxygens (including phenoxy) is 2. The molecule has 3 aromatic rings. The number of nitrogens with zero attached hydrogens (tertiary/aromatic N) is 1. The normalized spacial score (nSPS) is 12.6. The molecule has 0 atom stereocenters. The van der Waals surface area contributed by atoms with Crippen molar-refractivity contribution >= 4 is 29.0 Å². The van der Waals surface area contributed by atoms with Gasteiger partial charge in [-0.25, -0.2) is 4.98 Å². The second-order valence-electron chi connectivity index (χ2n) is 6.63. The molecule has 2 heterocycles. The van der Waals surface area contributed by atoms with Gasteiger partial charge < -0.3 is 14.8 Å². The molecule has 1 aliphatic rings. The van der Waals surface area contributed by atoms with E-state index in [9.17, 15) is 4.79 Å². The molecule has 0 aliphatic carbocycles. The summed E-state index contributed by atoms with van der Waals surface area (Å²) < 4.78 is 11.2. The first-order chi connectivity index (χ1) is 14.2. The molecule has 0 radical (unpaired) electrons. The van der Waals surface area contributed by atoms with Crippen LogP contribution >= 0.6 is 23.1 Å². The number of rotatable bonds is 7. The fourth-order valence-electron chi connectivity index (χ4n) is 3.07. The minimum absolute atomic E-state index is 0.0555. The van der Waals surface area contributed by atoms with E-state index in [1.165, 1.54) is 0 Å². The van der Waals surface area contributed by atoms with Gasteiger partial charge in [-0.1, -0.05) is 18.2 Å². The van der Waals surface area contributed by atoms with E-state index in [2.05, 4.69) is 15.7 Å². The summed E-state index contributed by atoms with van der Waals surface area (Å²) >= 11 is 3.29. The lowest BCUT2D eigenvalue weighted by Gasteiger charge is -2.19. The molecule has 0 unspecified atom stereocenters.